The van der Waals surface area contributed by atoms with Gasteiger partial charge >= 0.3 is 0 Å². The molecule has 1 aromatic carbocycles. The summed E-state index contributed by atoms with van der Waals surface area (Å²) in [5, 5.41) is 2.99. The van der Waals surface area contributed by atoms with Crippen LogP contribution in [-0.4, -0.2) is 17.8 Å². The van der Waals surface area contributed by atoms with Crippen molar-refractivity contribution in [1.29, 1.82) is 0 Å². The third kappa shape index (κ3) is 3.47. The second-order valence-electron chi connectivity index (χ2n) is 4.64. The van der Waals surface area contributed by atoms with Gasteiger partial charge in [-0.1, -0.05) is 19.1 Å². The normalized spacial score (nSPS) is 14.2. The number of rotatable bonds is 4. The highest BCUT2D eigenvalue weighted by molar-refractivity contribution is 6.18. The molecular formula is C14H20ClNO. The van der Waals surface area contributed by atoms with Gasteiger partial charge in [-0.15, -0.1) is 11.6 Å². The fourth-order valence-corrected chi connectivity index (χ4v) is 1.82. The minimum atomic E-state index is -0.0179. The SMILES string of the molecule is Cc1cccc(C(=O)NC(C)C(C)CCl)c1C. The Morgan fingerprint density at radius 2 is 2.00 bits per heavy atom. The maximum Gasteiger partial charge on any atom is 0.251 e. The Hall–Kier alpha value is -1.02. The quantitative estimate of drug-likeness (QED) is 0.820. The van der Waals surface area contributed by atoms with Crippen molar-refractivity contribution in [3.63, 3.8) is 0 Å². The van der Waals surface area contributed by atoms with E-state index in [2.05, 4.69) is 5.32 Å². The number of hydrogen-bond donors (Lipinski definition) is 1. The van der Waals surface area contributed by atoms with Gasteiger partial charge in [0.25, 0.3) is 5.91 Å². The standard InChI is InChI=1S/C14H20ClNO/c1-9-6-5-7-13(11(9)3)14(17)16-12(4)10(2)8-15/h5-7,10,12H,8H2,1-4H3,(H,16,17). The molecule has 0 aliphatic rings. The smallest absolute Gasteiger partial charge is 0.251 e. The molecule has 94 valence electrons. The van der Waals surface area contributed by atoms with E-state index in [-0.39, 0.29) is 17.9 Å². The van der Waals surface area contributed by atoms with Crippen molar-refractivity contribution in [1.82, 2.24) is 5.32 Å². The van der Waals surface area contributed by atoms with Gasteiger partial charge < -0.3 is 5.32 Å². The Morgan fingerprint density at radius 3 is 2.59 bits per heavy atom. The first kappa shape index (κ1) is 14.0. The van der Waals surface area contributed by atoms with Gasteiger partial charge in [-0.05, 0) is 43.9 Å². The van der Waals surface area contributed by atoms with E-state index in [1.165, 1.54) is 0 Å². The molecule has 17 heavy (non-hydrogen) atoms. The molecular weight excluding hydrogens is 234 g/mol. The van der Waals surface area contributed by atoms with Crippen LogP contribution in [-0.2, 0) is 0 Å². The monoisotopic (exact) mass is 253 g/mol. The second-order valence-corrected chi connectivity index (χ2v) is 4.95. The molecule has 2 unspecified atom stereocenters. The molecule has 2 atom stereocenters. The topological polar surface area (TPSA) is 29.1 Å². The average molecular weight is 254 g/mol. The molecule has 0 saturated heterocycles. The molecule has 0 radical (unpaired) electrons. The molecule has 0 saturated carbocycles. The summed E-state index contributed by atoms with van der Waals surface area (Å²) < 4.78 is 0. The van der Waals surface area contributed by atoms with Crippen LogP contribution in [0.3, 0.4) is 0 Å². The van der Waals surface area contributed by atoms with E-state index in [9.17, 15) is 4.79 Å². The Bertz CT molecular complexity index is 403. The van der Waals surface area contributed by atoms with Crippen molar-refractivity contribution in [2.75, 3.05) is 5.88 Å². The van der Waals surface area contributed by atoms with Crippen molar-refractivity contribution in [3.8, 4) is 0 Å². The lowest BCUT2D eigenvalue weighted by molar-refractivity contribution is 0.0930. The van der Waals surface area contributed by atoms with Crippen molar-refractivity contribution in [2.45, 2.75) is 33.7 Å². The highest BCUT2D eigenvalue weighted by atomic mass is 35.5. The summed E-state index contributed by atoms with van der Waals surface area (Å²) in [7, 11) is 0. The molecule has 0 aliphatic heterocycles. The largest absolute Gasteiger partial charge is 0.349 e. The number of alkyl halides is 1. The zero-order chi connectivity index (χ0) is 13.0. The molecule has 0 aliphatic carbocycles. The van der Waals surface area contributed by atoms with Crippen LogP contribution in [0.15, 0.2) is 18.2 Å². The first-order chi connectivity index (χ1) is 7.97. The number of amides is 1. The van der Waals surface area contributed by atoms with Crippen LogP contribution in [0.4, 0.5) is 0 Å². The number of halogens is 1. The van der Waals surface area contributed by atoms with E-state index in [0.717, 1.165) is 16.7 Å². The van der Waals surface area contributed by atoms with Gasteiger partial charge in [-0.3, -0.25) is 4.79 Å². The third-order valence-corrected chi connectivity index (χ3v) is 3.79. The van der Waals surface area contributed by atoms with Gasteiger partial charge in [-0.2, -0.15) is 0 Å². The van der Waals surface area contributed by atoms with Gasteiger partial charge in [0.05, 0.1) is 0 Å². The zero-order valence-corrected chi connectivity index (χ0v) is 11.6. The van der Waals surface area contributed by atoms with E-state index in [1.807, 2.05) is 45.9 Å². The molecule has 2 nitrogen and oxygen atoms in total. The van der Waals surface area contributed by atoms with E-state index in [4.69, 9.17) is 11.6 Å². The molecule has 0 fully saturated rings. The number of benzene rings is 1. The summed E-state index contributed by atoms with van der Waals surface area (Å²) in [4.78, 5) is 12.1. The summed E-state index contributed by atoms with van der Waals surface area (Å²) in [6.45, 7) is 7.99. The summed E-state index contributed by atoms with van der Waals surface area (Å²) >= 11 is 5.78. The fraction of sp³-hybridized carbons (Fsp3) is 0.500. The predicted octanol–water partition coefficient (Wildman–Crippen LogP) is 3.30. The number of carbonyl (C=O) groups is 1. The lowest BCUT2D eigenvalue weighted by Crippen LogP contribution is -2.38. The maximum atomic E-state index is 12.1. The number of hydrogen-bond acceptors (Lipinski definition) is 1. The van der Waals surface area contributed by atoms with Gasteiger partial charge in [0.15, 0.2) is 0 Å². The van der Waals surface area contributed by atoms with Crippen LogP contribution in [0.1, 0.15) is 35.3 Å². The Labute approximate surface area is 108 Å². The van der Waals surface area contributed by atoms with Crippen molar-refractivity contribution in [2.24, 2.45) is 5.92 Å². The third-order valence-electron chi connectivity index (χ3n) is 3.30. The molecule has 1 N–H and O–H groups in total. The minimum absolute atomic E-state index is 0.0179. The van der Waals surface area contributed by atoms with Gasteiger partial charge in [0.2, 0.25) is 0 Å². The number of aryl methyl sites for hydroxylation is 1. The average Bonchev–Trinajstić information content (AvgIpc) is 2.31. The van der Waals surface area contributed by atoms with Crippen LogP contribution in [0, 0.1) is 19.8 Å². The van der Waals surface area contributed by atoms with Crippen LogP contribution >= 0.6 is 11.6 Å². The van der Waals surface area contributed by atoms with Crippen molar-refractivity contribution in [3.05, 3.63) is 34.9 Å². The van der Waals surface area contributed by atoms with Gasteiger partial charge in [0, 0.05) is 17.5 Å². The maximum absolute atomic E-state index is 12.1. The number of nitrogens with one attached hydrogen (secondary N) is 1. The summed E-state index contributed by atoms with van der Waals surface area (Å²) in [6, 6.07) is 5.86. The van der Waals surface area contributed by atoms with E-state index >= 15 is 0 Å². The van der Waals surface area contributed by atoms with E-state index in [1.54, 1.807) is 0 Å². The second kappa shape index (κ2) is 6.06. The van der Waals surface area contributed by atoms with Gasteiger partial charge in [-0.25, -0.2) is 0 Å². The molecule has 0 heterocycles. The van der Waals surface area contributed by atoms with Crippen LogP contribution in [0.5, 0.6) is 0 Å². The fourth-order valence-electron chi connectivity index (χ4n) is 1.56. The lowest BCUT2D eigenvalue weighted by atomic mass is 10.0. The summed E-state index contributed by atoms with van der Waals surface area (Å²) in [5.41, 5.74) is 2.92. The lowest BCUT2D eigenvalue weighted by Gasteiger charge is -2.20. The van der Waals surface area contributed by atoms with Crippen LogP contribution in [0.2, 0.25) is 0 Å². The molecule has 1 aromatic rings. The summed E-state index contributed by atoms with van der Waals surface area (Å²) in [6.07, 6.45) is 0. The van der Waals surface area contributed by atoms with Crippen molar-refractivity contribution < 1.29 is 4.79 Å². The molecule has 3 heteroatoms. The Balaban J connectivity index is 2.80. The first-order valence-corrected chi connectivity index (χ1v) is 6.43. The van der Waals surface area contributed by atoms with Gasteiger partial charge in [0.1, 0.15) is 0 Å². The van der Waals surface area contributed by atoms with E-state index < -0.39 is 0 Å². The summed E-state index contributed by atoms with van der Waals surface area (Å²) in [5.74, 6) is 0.801. The van der Waals surface area contributed by atoms with E-state index in [0.29, 0.717) is 5.88 Å². The Kier molecular flexibility index (Phi) is 5.01. The van der Waals surface area contributed by atoms with Crippen LogP contribution < -0.4 is 5.32 Å². The highest BCUT2D eigenvalue weighted by Crippen LogP contribution is 2.13. The molecule has 0 bridgehead atoms. The first-order valence-electron chi connectivity index (χ1n) is 5.90. The molecule has 1 rings (SSSR count). The zero-order valence-electron chi connectivity index (χ0n) is 10.9. The molecule has 1 amide bonds. The molecule has 0 aromatic heterocycles. The predicted molar refractivity (Wildman–Crippen MR) is 72.7 cm³/mol. The molecule has 0 spiro atoms. The highest BCUT2D eigenvalue weighted by Gasteiger charge is 2.16. The van der Waals surface area contributed by atoms with Crippen molar-refractivity contribution >= 4 is 17.5 Å². The Morgan fingerprint density at radius 1 is 1.35 bits per heavy atom. The van der Waals surface area contributed by atoms with Crippen LogP contribution in [0.25, 0.3) is 0 Å². The number of carbonyl (C=O) groups excluding carboxylic acids is 1. The minimum Gasteiger partial charge on any atom is -0.349 e.